The first kappa shape index (κ1) is 22.3. The van der Waals surface area contributed by atoms with Crippen molar-refractivity contribution < 1.29 is 9.84 Å². The summed E-state index contributed by atoms with van der Waals surface area (Å²) in [6, 6.07) is 0. The third kappa shape index (κ3) is 12.4. The van der Waals surface area contributed by atoms with Crippen LogP contribution >= 0.6 is 35.6 Å². The van der Waals surface area contributed by atoms with E-state index in [9.17, 15) is 0 Å². The van der Waals surface area contributed by atoms with Gasteiger partial charge in [0.05, 0.1) is 10.8 Å². The second-order valence-corrected chi connectivity index (χ2v) is 4.45. The number of rotatable bonds is 6. The largest absolute Gasteiger partial charge is 0.397 e. The maximum absolute atomic E-state index is 7.57. The van der Waals surface area contributed by atoms with E-state index in [1.807, 2.05) is 0 Å². The summed E-state index contributed by atoms with van der Waals surface area (Å²) in [6.07, 6.45) is 1.25. The summed E-state index contributed by atoms with van der Waals surface area (Å²) in [5.41, 5.74) is 0. The van der Waals surface area contributed by atoms with Crippen LogP contribution in [0.5, 0.6) is 0 Å². The van der Waals surface area contributed by atoms with Crippen LogP contribution in [0.15, 0.2) is 0 Å². The van der Waals surface area contributed by atoms with Crippen molar-refractivity contribution in [2.75, 3.05) is 6.61 Å². The van der Waals surface area contributed by atoms with Crippen molar-refractivity contribution in [1.82, 2.24) is 0 Å². The number of halogens is 3. The predicted molar refractivity (Wildman–Crippen MR) is 76.9 cm³/mol. The molecule has 3 N–H and O–H groups in total. The minimum atomic E-state index is -0.491. The van der Waals surface area contributed by atoms with Crippen molar-refractivity contribution in [3.05, 3.63) is 0 Å². The van der Waals surface area contributed by atoms with Crippen LogP contribution in [0, 0.1) is 10.8 Å². The first-order chi connectivity index (χ1) is 7.44. The average molecular weight is 308 g/mol. The van der Waals surface area contributed by atoms with Crippen molar-refractivity contribution in [3.8, 4) is 0 Å². The topological polar surface area (TPSA) is 77.2 Å². The van der Waals surface area contributed by atoms with Crippen molar-refractivity contribution in [2.45, 2.75) is 43.7 Å². The van der Waals surface area contributed by atoms with Crippen LogP contribution in [0.1, 0.15) is 20.8 Å². The van der Waals surface area contributed by atoms with Gasteiger partial charge in [0.25, 0.3) is 0 Å². The van der Waals surface area contributed by atoms with Gasteiger partial charge in [-0.05, 0) is 20.8 Å². The molecule has 0 fully saturated rings. The summed E-state index contributed by atoms with van der Waals surface area (Å²) in [5.74, 6) is 0. The van der Waals surface area contributed by atoms with E-state index in [4.69, 9.17) is 43.9 Å². The average Bonchev–Trinajstić information content (AvgIpc) is 2.19. The van der Waals surface area contributed by atoms with Gasteiger partial charge in [-0.3, -0.25) is 0 Å². The van der Waals surface area contributed by atoms with Gasteiger partial charge >= 0.3 is 0 Å². The highest BCUT2D eigenvalue weighted by molar-refractivity contribution is 6.22. The molecule has 4 atom stereocenters. The fourth-order valence-corrected chi connectivity index (χ4v) is 1.01. The van der Waals surface area contributed by atoms with E-state index in [2.05, 4.69) is 0 Å². The monoisotopic (exact) mass is 306 g/mol. The van der Waals surface area contributed by atoms with E-state index >= 15 is 0 Å². The van der Waals surface area contributed by atoms with Crippen LogP contribution in [0.25, 0.3) is 0 Å². The van der Waals surface area contributed by atoms with Crippen LogP contribution in [-0.2, 0) is 4.74 Å². The molecule has 0 saturated carbocycles. The van der Waals surface area contributed by atoms with Gasteiger partial charge in [-0.2, -0.15) is 0 Å². The Bertz CT molecular complexity index is 174. The van der Waals surface area contributed by atoms with Crippen LogP contribution in [0.3, 0.4) is 0 Å². The third-order valence-electron chi connectivity index (χ3n) is 1.55. The Morgan fingerprint density at radius 3 is 1.47 bits per heavy atom. The Hall–Kier alpha value is 0.130. The maximum atomic E-state index is 7.57. The van der Waals surface area contributed by atoms with Crippen molar-refractivity contribution in [2.24, 2.45) is 0 Å². The lowest BCUT2D eigenvalue weighted by atomic mass is 10.2. The Morgan fingerprint density at radius 2 is 1.35 bits per heavy atom. The van der Waals surface area contributed by atoms with E-state index in [1.54, 1.807) is 20.8 Å². The second-order valence-electron chi connectivity index (χ2n) is 3.07. The van der Waals surface area contributed by atoms with E-state index in [0.717, 1.165) is 12.4 Å². The molecular weight excluding hydrogens is 286 g/mol. The zero-order valence-electron chi connectivity index (χ0n) is 10.2. The smallest absolute Gasteiger partial charge is 0.109 e. The third-order valence-corrected chi connectivity index (χ3v) is 2.04. The molecule has 0 aromatic rings. The molecule has 0 amide bonds. The summed E-state index contributed by atoms with van der Waals surface area (Å²) in [6.45, 7) is 5.40. The maximum Gasteiger partial charge on any atom is 0.109 e. The highest BCUT2D eigenvalue weighted by Crippen LogP contribution is 2.11. The Kier molecular flexibility index (Phi) is 18.6. The standard InChI is InChI=1S/C8H14Cl2N2O.C2H6O.ClH/c1-5(9)7(3-11)13-8(4-12)6(2)10;1-2-3;/h3-8,11-12H,1-2H3;3H,2H2,1H3;1H. The molecule has 0 bridgehead atoms. The number of aliphatic hydroxyl groups is 1. The van der Waals surface area contributed by atoms with Crippen LogP contribution < -0.4 is 0 Å². The minimum Gasteiger partial charge on any atom is -0.397 e. The molecule has 0 aromatic carbocycles. The lowest BCUT2D eigenvalue weighted by molar-refractivity contribution is 0.0688. The number of hydrogen-bond acceptors (Lipinski definition) is 4. The SMILES string of the molecule is CC(Cl)C(C=N)OC(C=N)C(C)Cl.CCO.Cl. The van der Waals surface area contributed by atoms with Crippen molar-refractivity contribution in [1.29, 1.82) is 10.8 Å². The fourth-order valence-electron chi connectivity index (χ4n) is 0.742. The zero-order chi connectivity index (χ0) is 13.1. The van der Waals surface area contributed by atoms with Crippen molar-refractivity contribution in [3.63, 3.8) is 0 Å². The van der Waals surface area contributed by atoms with E-state index < -0.39 is 12.2 Å². The van der Waals surface area contributed by atoms with Gasteiger partial charge in [0.1, 0.15) is 12.2 Å². The van der Waals surface area contributed by atoms with Gasteiger partial charge in [0.15, 0.2) is 0 Å². The zero-order valence-corrected chi connectivity index (χ0v) is 12.5. The molecule has 0 aliphatic heterocycles. The van der Waals surface area contributed by atoms with Gasteiger partial charge < -0.3 is 20.7 Å². The van der Waals surface area contributed by atoms with E-state index in [-0.39, 0.29) is 29.8 Å². The highest BCUT2D eigenvalue weighted by Gasteiger charge is 2.20. The van der Waals surface area contributed by atoms with Gasteiger partial charge in [-0.1, -0.05) is 0 Å². The molecule has 0 spiro atoms. The van der Waals surface area contributed by atoms with Crippen molar-refractivity contribution >= 4 is 48.0 Å². The fraction of sp³-hybridized carbons (Fsp3) is 0.800. The first-order valence-electron chi connectivity index (χ1n) is 5.00. The molecule has 104 valence electrons. The molecule has 0 aromatic heterocycles. The minimum absolute atomic E-state index is 0. The molecule has 0 heterocycles. The summed E-state index contributed by atoms with van der Waals surface area (Å²) in [7, 11) is 0. The molecule has 0 radical (unpaired) electrons. The number of aliphatic hydroxyl groups excluding tert-OH is 1. The molecule has 0 saturated heterocycles. The Balaban J connectivity index is -0.000000440. The highest BCUT2D eigenvalue weighted by atomic mass is 35.5. The summed E-state index contributed by atoms with van der Waals surface area (Å²) in [4.78, 5) is 0. The molecule has 17 heavy (non-hydrogen) atoms. The van der Waals surface area contributed by atoms with Gasteiger partial charge in [-0.15, -0.1) is 35.6 Å². The molecular formula is C10H21Cl3N2O2. The normalized spacial score (nSPS) is 16.4. The Labute approximate surface area is 119 Å². The lowest BCUT2D eigenvalue weighted by Gasteiger charge is -2.22. The first-order valence-corrected chi connectivity index (χ1v) is 5.87. The molecule has 0 aliphatic carbocycles. The van der Waals surface area contributed by atoms with Crippen LogP contribution in [0.4, 0.5) is 0 Å². The molecule has 0 aliphatic rings. The summed E-state index contributed by atoms with van der Waals surface area (Å²) < 4.78 is 5.32. The number of hydrogen-bond donors (Lipinski definition) is 3. The number of alkyl halides is 2. The van der Waals surface area contributed by atoms with Crippen LogP contribution in [-0.4, -0.2) is 47.1 Å². The number of nitrogens with one attached hydrogen (secondary N) is 2. The van der Waals surface area contributed by atoms with E-state index in [0.29, 0.717) is 0 Å². The molecule has 0 rings (SSSR count). The summed E-state index contributed by atoms with van der Waals surface area (Å²) >= 11 is 11.5. The molecule has 4 nitrogen and oxygen atoms in total. The molecule has 7 heteroatoms. The molecule has 4 unspecified atom stereocenters. The second kappa shape index (κ2) is 14.2. The van der Waals surface area contributed by atoms with Gasteiger partial charge in [-0.25, -0.2) is 0 Å². The van der Waals surface area contributed by atoms with Gasteiger partial charge in [0, 0.05) is 19.0 Å². The van der Waals surface area contributed by atoms with E-state index in [1.165, 1.54) is 0 Å². The lowest BCUT2D eigenvalue weighted by Crippen LogP contribution is -2.34. The summed E-state index contributed by atoms with van der Waals surface area (Å²) in [5, 5.41) is 21.1. The van der Waals surface area contributed by atoms with Gasteiger partial charge in [0.2, 0.25) is 0 Å². The Morgan fingerprint density at radius 1 is 1.12 bits per heavy atom. The quantitative estimate of drug-likeness (QED) is 0.521. The number of ether oxygens (including phenoxy) is 1. The predicted octanol–water partition coefficient (Wildman–Crippen LogP) is 2.71. The van der Waals surface area contributed by atoms with Crippen LogP contribution in [0.2, 0.25) is 0 Å².